The average Bonchev–Trinajstić information content (AvgIpc) is 2.94. The predicted octanol–water partition coefficient (Wildman–Crippen LogP) is 3.73. The van der Waals surface area contributed by atoms with Crippen molar-refractivity contribution in [1.29, 1.82) is 0 Å². The molecule has 29 heavy (non-hydrogen) atoms. The van der Waals surface area contributed by atoms with Crippen molar-refractivity contribution >= 4 is 5.97 Å². The Morgan fingerprint density at radius 1 is 1.24 bits per heavy atom. The van der Waals surface area contributed by atoms with Crippen LogP contribution in [0.25, 0.3) is 0 Å². The van der Waals surface area contributed by atoms with Crippen molar-refractivity contribution < 1.29 is 19.5 Å². The normalized spacial score (nSPS) is 26.7. The first-order valence-corrected chi connectivity index (χ1v) is 10.2. The number of aryl methyl sites for hydroxylation is 1. The first kappa shape index (κ1) is 20.1. The molecule has 0 aliphatic carbocycles. The Labute approximate surface area is 172 Å². The van der Waals surface area contributed by atoms with Crippen LogP contribution < -0.4 is 0 Å². The summed E-state index contributed by atoms with van der Waals surface area (Å²) in [4.78, 5) is 19.0. The monoisotopic (exact) mass is 395 g/mol. The van der Waals surface area contributed by atoms with Gasteiger partial charge >= 0.3 is 5.97 Å². The lowest BCUT2D eigenvalue weighted by Crippen LogP contribution is -2.49. The van der Waals surface area contributed by atoms with E-state index in [2.05, 4.69) is 25.1 Å². The van der Waals surface area contributed by atoms with E-state index >= 15 is 0 Å². The van der Waals surface area contributed by atoms with Gasteiger partial charge in [-0.05, 0) is 57.2 Å². The third-order valence-electron chi connectivity index (χ3n) is 5.66. The van der Waals surface area contributed by atoms with Gasteiger partial charge in [0.05, 0.1) is 12.0 Å². The molecular formula is C24H29NO4. The van der Waals surface area contributed by atoms with Crippen molar-refractivity contribution in [2.24, 2.45) is 5.92 Å². The minimum atomic E-state index is -2.03. The highest BCUT2D eigenvalue weighted by Gasteiger charge is 2.61. The minimum absolute atomic E-state index is 0.211. The largest absolute Gasteiger partial charge is 0.456 e. The Morgan fingerprint density at radius 3 is 2.66 bits per heavy atom. The Bertz CT molecular complexity index is 905. The smallest absolute Gasteiger partial charge is 0.369 e. The van der Waals surface area contributed by atoms with Crippen LogP contribution in [-0.4, -0.2) is 34.1 Å². The highest BCUT2D eigenvalue weighted by atomic mass is 16.8. The molecule has 0 aromatic heterocycles. The molecule has 5 heteroatoms. The van der Waals surface area contributed by atoms with Crippen LogP contribution in [0.1, 0.15) is 49.1 Å². The number of carbonyl (C=O) groups is 1. The molecule has 5 nitrogen and oxygen atoms in total. The van der Waals surface area contributed by atoms with Crippen LogP contribution in [0.15, 0.2) is 48.5 Å². The topological polar surface area (TPSA) is 59.0 Å². The number of hydrogen-bond acceptors (Lipinski definition) is 5. The van der Waals surface area contributed by atoms with Gasteiger partial charge in [0.2, 0.25) is 0 Å². The Hall–Kier alpha value is -2.21. The number of aliphatic hydroxyl groups is 1. The molecule has 0 spiro atoms. The van der Waals surface area contributed by atoms with Gasteiger partial charge in [-0.25, -0.2) is 4.79 Å². The third-order valence-corrected chi connectivity index (χ3v) is 5.66. The maximum Gasteiger partial charge on any atom is 0.369 e. The number of hydrogen-bond donors (Lipinski definition) is 1. The summed E-state index contributed by atoms with van der Waals surface area (Å²) >= 11 is 0. The lowest BCUT2D eigenvalue weighted by Gasteiger charge is -2.32. The fraction of sp³-hybridized carbons (Fsp3) is 0.458. The molecule has 0 unspecified atom stereocenters. The molecule has 0 saturated carbocycles. The molecule has 4 rings (SSSR count). The first-order valence-electron chi connectivity index (χ1n) is 10.2. The van der Waals surface area contributed by atoms with Gasteiger partial charge in [-0.3, -0.25) is 4.84 Å². The van der Waals surface area contributed by atoms with E-state index < -0.39 is 23.3 Å². The number of hydroxylamine groups is 2. The zero-order chi connectivity index (χ0) is 20.8. The Balaban J connectivity index is 1.76. The van der Waals surface area contributed by atoms with Gasteiger partial charge in [0.25, 0.3) is 5.79 Å². The van der Waals surface area contributed by atoms with Gasteiger partial charge in [-0.1, -0.05) is 54.1 Å². The van der Waals surface area contributed by atoms with Gasteiger partial charge in [0, 0.05) is 6.54 Å². The molecule has 0 bridgehead atoms. The summed E-state index contributed by atoms with van der Waals surface area (Å²) in [6.45, 7) is 8.08. The standard InChI is InChI=1S/C24H29NO4/c1-16-10-11-19-18(14-16)12-13-25-21(19)20(15-17-8-6-5-7-9-17)24(27,29-25)22(26)28-23(2,3)4/h5-11,14,20-21,27H,12-13,15H2,1-4H3/t20-,21-,24-/m1/s1. The zero-order valence-electron chi connectivity index (χ0n) is 17.5. The second-order valence-electron chi connectivity index (χ2n) is 9.12. The summed E-state index contributed by atoms with van der Waals surface area (Å²) in [6.07, 6.45) is 1.32. The lowest BCUT2D eigenvalue weighted by atomic mass is 9.79. The van der Waals surface area contributed by atoms with Crippen LogP contribution in [0, 0.1) is 12.8 Å². The van der Waals surface area contributed by atoms with E-state index in [0.29, 0.717) is 13.0 Å². The molecule has 2 aliphatic heterocycles. The van der Waals surface area contributed by atoms with Crippen LogP contribution in [0.3, 0.4) is 0 Å². The average molecular weight is 395 g/mol. The summed E-state index contributed by atoms with van der Waals surface area (Å²) in [7, 11) is 0. The summed E-state index contributed by atoms with van der Waals surface area (Å²) in [5.41, 5.74) is 3.90. The maximum absolute atomic E-state index is 13.1. The molecule has 2 heterocycles. The van der Waals surface area contributed by atoms with Gasteiger partial charge in [0.15, 0.2) is 0 Å². The quantitative estimate of drug-likeness (QED) is 0.803. The molecule has 0 radical (unpaired) electrons. The lowest BCUT2D eigenvalue weighted by molar-refractivity contribution is -0.295. The summed E-state index contributed by atoms with van der Waals surface area (Å²) in [6, 6.07) is 16.1. The van der Waals surface area contributed by atoms with Crippen molar-refractivity contribution in [2.75, 3.05) is 6.54 Å². The van der Waals surface area contributed by atoms with Crippen molar-refractivity contribution in [2.45, 2.75) is 58.0 Å². The first-order chi connectivity index (χ1) is 13.7. The second kappa shape index (κ2) is 7.24. The fourth-order valence-corrected chi connectivity index (χ4v) is 4.40. The Kier molecular flexibility index (Phi) is 5.01. The van der Waals surface area contributed by atoms with E-state index in [1.54, 1.807) is 25.8 Å². The third kappa shape index (κ3) is 3.82. The van der Waals surface area contributed by atoms with Gasteiger partial charge in [0.1, 0.15) is 5.60 Å². The zero-order valence-corrected chi connectivity index (χ0v) is 17.5. The van der Waals surface area contributed by atoms with Gasteiger partial charge in [-0.15, -0.1) is 0 Å². The number of rotatable bonds is 3. The summed E-state index contributed by atoms with van der Waals surface area (Å²) < 4.78 is 5.57. The van der Waals surface area contributed by atoms with E-state index in [4.69, 9.17) is 9.57 Å². The molecule has 2 aromatic carbocycles. The summed E-state index contributed by atoms with van der Waals surface area (Å²) in [5.74, 6) is -3.24. The predicted molar refractivity (Wildman–Crippen MR) is 110 cm³/mol. The Morgan fingerprint density at radius 2 is 1.97 bits per heavy atom. The molecule has 1 fully saturated rings. The molecule has 0 amide bonds. The van der Waals surface area contributed by atoms with Gasteiger partial charge < -0.3 is 9.84 Å². The SMILES string of the molecule is Cc1ccc2c(c1)CCN1O[C@@](O)(C(=O)OC(C)(C)C)[C@H](Cc3ccccc3)[C@@H]21. The van der Waals surface area contributed by atoms with Crippen molar-refractivity contribution in [3.63, 3.8) is 0 Å². The van der Waals surface area contributed by atoms with Crippen molar-refractivity contribution in [1.82, 2.24) is 5.06 Å². The molecule has 1 N–H and O–H groups in total. The molecule has 1 saturated heterocycles. The minimum Gasteiger partial charge on any atom is -0.456 e. The van der Waals surface area contributed by atoms with Crippen molar-refractivity contribution in [3.05, 3.63) is 70.8 Å². The van der Waals surface area contributed by atoms with Crippen LogP contribution in [-0.2, 0) is 27.2 Å². The van der Waals surface area contributed by atoms with Gasteiger partial charge in [-0.2, -0.15) is 5.06 Å². The van der Waals surface area contributed by atoms with Crippen LogP contribution in [0.2, 0.25) is 0 Å². The highest BCUT2D eigenvalue weighted by molar-refractivity contribution is 5.79. The fourth-order valence-electron chi connectivity index (χ4n) is 4.40. The van der Waals surface area contributed by atoms with E-state index in [1.165, 1.54) is 11.1 Å². The number of fused-ring (bicyclic) bond motifs is 3. The molecule has 154 valence electrons. The number of benzene rings is 2. The second-order valence-corrected chi connectivity index (χ2v) is 9.12. The van der Waals surface area contributed by atoms with Crippen LogP contribution >= 0.6 is 0 Å². The molecule has 3 atom stereocenters. The molecular weight excluding hydrogens is 366 g/mol. The number of carbonyl (C=O) groups excluding carboxylic acids is 1. The van der Waals surface area contributed by atoms with E-state index in [1.807, 2.05) is 30.3 Å². The highest BCUT2D eigenvalue weighted by Crippen LogP contribution is 2.49. The maximum atomic E-state index is 13.1. The molecule has 2 aliphatic rings. The van der Waals surface area contributed by atoms with E-state index in [-0.39, 0.29) is 6.04 Å². The number of nitrogens with zero attached hydrogens (tertiary/aromatic N) is 1. The van der Waals surface area contributed by atoms with E-state index in [0.717, 1.165) is 17.5 Å². The number of ether oxygens (including phenoxy) is 1. The number of esters is 1. The van der Waals surface area contributed by atoms with Crippen molar-refractivity contribution in [3.8, 4) is 0 Å². The van der Waals surface area contributed by atoms with Crippen LogP contribution in [0.4, 0.5) is 0 Å². The van der Waals surface area contributed by atoms with E-state index in [9.17, 15) is 9.90 Å². The molecule has 2 aromatic rings. The van der Waals surface area contributed by atoms with Crippen LogP contribution in [0.5, 0.6) is 0 Å². The summed E-state index contributed by atoms with van der Waals surface area (Å²) in [5, 5.41) is 13.3.